The number of rotatable bonds is 4. The van der Waals surface area contributed by atoms with Crippen molar-refractivity contribution >= 4 is 12.6 Å². The maximum Gasteiger partial charge on any atom is 0.0499 e. The lowest BCUT2D eigenvalue weighted by Crippen LogP contribution is -2.38. The molecule has 0 amide bonds. The number of hydrogen-bond donors (Lipinski definition) is 2. The van der Waals surface area contributed by atoms with Gasteiger partial charge in [0, 0.05) is 24.5 Å². The molecule has 0 radical (unpaired) electrons. The number of thiol groups is 1. The summed E-state index contributed by atoms with van der Waals surface area (Å²) in [6.45, 7) is 12.4. The first-order chi connectivity index (χ1) is 6.43. The molecule has 1 aliphatic heterocycles. The molecule has 0 aromatic rings. The van der Waals surface area contributed by atoms with E-state index in [4.69, 9.17) is 0 Å². The van der Waals surface area contributed by atoms with Crippen LogP contribution in [0.25, 0.3) is 0 Å². The van der Waals surface area contributed by atoms with Gasteiger partial charge < -0.3 is 5.32 Å². The molecule has 1 fully saturated rings. The molecule has 1 N–H and O–H groups in total. The van der Waals surface area contributed by atoms with E-state index in [0.717, 1.165) is 6.54 Å². The van der Waals surface area contributed by atoms with Gasteiger partial charge in [0.15, 0.2) is 0 Å². The Balaban J connectivity index is 2.37. The standard InChI is InChI=1S/C11H24N2S/c1-9(2)12-7-11(4)5-6-13(8-11)10(3)14/h9-10,12,14H,5-8H2,1-4H3/t10?,11-/m0/s1. The minimum atomic E-state index is 0.399. The second-order valence-corrected chi connectivity index (χ2v) is 5.95. The van der Waals surface area contributed by atoms with Crippen LogP contribution in [0.5, 0.6) is 0 Å². The van der Waals surface area contributed by atoms with Crippen LogP contribution in [0.4, 0.5) is 0 Å². The van der Waals surface area contributed by atoms with E-state index in [1.54, 1.807) is 0 Å². The van der Waals surface area contributed by atoms with E-state index in [9.17, 15) is 0 Å². The highest BCUT2D eigenvalue weighted by Crippen LogP contribution is 2.30. The van der Waals surface area contributed by atoms with E-state index in [1.807, 2.05) is 0 Å². The summed E-state index contributed by atoms with van der Waals surface area (Å²) in [6, 6.07) is 0.592. The molecule has 0 aromatic carbocycles. The van der Waals surface area contributed by atoms with Gasteiger partial charge in [-0.2, -0.15) is 12.6 Å². The molecular formula is C11H24N2S. The Labute approximate surface area is 93.8 Å². The van der Waals surface area contributed by atoms with Crippen LogP contribution in [0.3, 0.4) is 0 Å². The van der Waals surface area contributed by atoms with Crippen molar-refractivity contribution < 1.29 is 0 Å². The molecule has 14 heavy (non-hydrogen) atoms. The summed E-state index contributed by atoms with van der Waals surface area (Å²) in [6.07, 6.45) is 1.29. The van der Waals surface area contributed by atoms with Crippen molar-refractivity contribution in [2.75, 3.05) is 19.6 Å². The van der Waals surface area contributed by atoms with Crippen LogP contribution in [0.15, 0.2) is 0 Å². The third kappa shape index (κ3) is 3.44. The summed E-state index contributed by atoms with van der Waals surface area (Å²) in [5.41, 5.74) is 0.446. The van der Waals surface area contributed by atoms with E-state index in [-0.39, 0.29) is 0 Å². The largest absolute Gasteiger partial charge is 0.314 e. The number of likely N-dealkylation sites (tertiary alicyclic amines) is 1. The molecule has 0 spiro atoms. The van der Waals surface area contributed by atoms with Gasteiger partial charge in [-0.05, 0) is 25.3 Å². The van der Waals surface area contributed by atoms with Gasteiger partial charge in [0.1, 0.15) is 0 Å². The van der Waals surface area contributed by atoms with Crippen molar-refractivity contribution in [2.45, 2.75) is 45.5 Å². The predicted octanol–water partition coefficient (Wildman–Crippen LogP) is 1.97. The normalized spacial score (nSPS) is 31.3. The Kier molecular flexibility index (Phi) is 4.29. The van der Waals surface area contributed by atoms with E-state index in [0.29, 0.717) is 16.8 Å². The van der Waals surface area contributed by atoms with Gasteiger partial charge in [-0.15, -0.1) is 0 Å². The summed E-state index contributed by atoms with van der Waals surface area (Å²) in [4.78, 5) is 2.45. The van der Waals surface area contributed by atoms with E-state index in [1.165, 1.54) is 19.5 Å². The van der Waals surface area contributed by atoms with Crippen LogP contribution >= 0.6 is 12.6 Å². The van der Waals surface area contributed by atoms with Gasteiger partial charge in [0.2, 0.25) is 0 Å². The highest BCUT2D eigenvalue weighted by atomic mass is 32.1. The first kappa shape index (κ1) is 12.3. The van der Waals surface area contributed by atoms with E-state index >= 15 is 0 Å². The van der Waals surface area contributed by atoms with Crippen LogP contribution in [0.2, 0.25) is 0 Å². The lowest BCUT2D eigenvalue weighted by Gasteiger charge is -2.27. The molecule has 3 heteroatoms. The second kappa shape index (κ2) is 4.86. The zero-order chi connectivity index (χ0) is 10.8. The van der Waals surface area contributed by atoms with Crippen molar-refractivity contribution in [3.8, 4) is 0 Å². The number of nitrogens with one attached hydrogen (secondary N) is 1. The molecule has 0 aromatic heterocycles. The Hall–Kier alpha value is 0.270. The van der Waals surface area contributed by atoms with E-state index < -0.39 is 0 Å². The SMILES string of the molecule is CC(C)NC[C@]1(C)CCN(C(C)S)C1. The molecule has 1 heterocycles. The molecule has 0 bridgehead atoms. The highest BCUT2D eigenvalue weighted by molar-refractivity contribution is 7.80. The van der Waals surface area contributed by atoms with Crippen molar-refractivity contribution in [1.29, 1.82) is 0 Å². The fourth-order valence-electron chi connectivity index (χ4n) is 1.98. The predicted molar refractivity (Wildman–Crippen MR) is 65.9 cm³/mol. The summed E-state index contributed by atoms with van der Waals surface area (Å²) >= 11 is 4.49. The summed E-state index contributed by atoms with van der Waals surface area (Å²) < 4.78 is 0. The Morgan fingerprint density at radius 2 is 2.07 bits per heavy atom. The molecule has 0 saturated carbocycles. The number of hydrogen-bond acceptors (Lipinski definition) is 3. The molecule has 2 atom stereocenters. The monoisotopic (exact) mass is 216 g/mol. The first-order valence-corrected chi connectivity index (χ1v) is 6.10. The molecule has 1 saturated heterocycles. The molecule has 84 valence electrons. The Bertz CT molecular complexity index is 182. The summed E-state index contributed by atoms with van der Waals surface area (Å²) in [5, 5.41) is 3.93. The lowest BCUT2D eigenvalue weighted by atomic mass is 9.89. The van der Waals surface area contributed by atoms with Crippen molar-refractivity contribution in [1.82, 2.24) is 10.2 Å². The molecule has 1 rings (SSSR count). The van der Waals surface area contributed by atoms with Crippen molar-refractivity contribution in [3.05, 3.63) is 0 Å². The van der Waals surface area contributed by atoms with Crippen LogP contribution in [0, 0.1) is 5.41 Å². The average Bonchev–Trinajstić information content (AvgIpc) is 2.46. The zero-order valence-electron chi connectivity index (χ0n) is 9.88. The van der Waals surface area contributed by atoms with Crippen molar-refractivity contribution in [2.24, 2.45) is 5.41 Å². The highest BCUT2D eigenvalue weighted by Gasteiger charge is 2.34. The third-order valence-electron chi connectivity index (χ3n) is 3.05. The smallest absolute Gasteiger partial charge is 0.0499 e. The lowest BCUT2D eigenvalue weighted by molar-refractivity contribution is 0.259. The van der Waals surface area contributed by atoms with Crippen LogP contribution < -0.4 is 5.32 Å². The second-order valence-electron chi connectivity index (χ2n) is 5.20. The minimum Gasteiger partial charge on any atom is -0.314 e. The maximum atomic E-state index is 4.49. The van der Waals surface area contributed by atoms with Gasteiger partial charge in [0.05, 0.1) is 0 Å². The molecule has 1 unspecified atom stereocenters. The third-order valence-corrected chi connectivity index (χ3v) is 3.38. The van der Waals surface area contributed by atoms with Crippen molar-refractivity contribution in [3.63, 3.8) is 0 Å². The fourth-order valence-corrected chi connectivity index (χ4v) is 2.17. The quantitative estimate of drug-likeness (QED) is 0.699. The van der Waals surface area contributed by atoms with Gasteiger partial charge in [-0.25, -0.2) is 0 Å². The maximum absolute atomic E-state index is 4.49. The zero-order valence-corrected chi connectivity index (χ0v) is 10.8. The first-order valence-electron chi connectivity index (χ1n) is 5.58. The molecule has 2 nitrogen and oxygen atoms in total. The van der Waals surface area contributed by atoms with Crippen LogP contribution in [0.1, 0.15) is 34.1 Å². The fraction of sp³-hybridized carbons (Fsp3) is 1.00. The van der Waals surface area contributed by atoms with E-state index in [2.05, 4.69) is 50.5 Å². The van der Waals surface area contributed by atoms with Gasteiger partial charge in [0.25, 0.3) is 0 Å². The summed E-state index contributed by atoms with van der Waals surface area (Å²) in [5.74, 6) is 0. The van der Waals surface area contributed by atoms with Crippen LogP contribution in [-0.2, 0) is 0 Å². The molecule has 1 aliphatic rings. The van der Waals surface area contributed by atoms with Gasteiger partial charge >= 0.3 is 0 Å². The minimum absolute atomic E-state index is 0.399. The Morgan fingerprint density at radius 3 is 2.50 bits per heavy atom. The molecular weight excluding hydrogens is 192 g/mol. The van der Waals surface area contributed by atoms with Crippen LogP contribution in [-0.4, -0.2) is 35.9 Å². The summed E-state index contributed by atoms with van der Waals surface area (Å²) in [7, 11) is 0. The number of nitrogens with zero attached hydrogens (tertiary/aromatic N) is 1. The average molecular weight is 216 g/mol. The topological polar surface area (TPSA) is 15.3 Å². The van der Waals surface area contributed by atoms with Gasteiger partial charge in [-0.1, -0.05) is 20.8 Å². The van der Waals surface area contributed by atoms with Gasteiger partial charge in [-0.3, -0.25) is 4.90 Å². The molecule has 0 aliphatic carbocycles. The Morgan fingerprint density at radius 1 is 1.43 bits per heavy atom.